The molecule has 1 aliphatic rings. The van der Waals surface area contributed by atoms with Crippen molar-refractivity contribution in [1.82, 2.24) is 4.57 Å². The van der Waals surface area contributed by atoms with Crippen molar-refractivity contribution in [2.75, 3.05) is 20.8 Å². The average Bonchev–Trinajstić information content (AvgIpc) is 3.31. The molecule has 0 spiro atoms. The molecule has 1 aliphatic heterocycles. The van der Waals surface area contributed by atoms with Crippen molar-refractivity contribution in [2.45, 2.75) is 32.9 Å². The molecule has 0 fully saturated rings. The van der Waals surface area contributed by atoms with Gasteiger partial charge in [0, 0.05) is 5.56 Å². The number of ether oxygens (including phenoxy) is 4. The summed E-state index contributed by atoms with van der Waals surface area (Å²) >= 11 is 1.26. The lowest BCUT2D eigenvalue weighted by atomic mass is 9.93. The molecule has 0 N–H and O–H groups in total. The molecule has 1 atom stereocenters. The number of fused-ring (bicyclic) bond motifs is 1. The number of hydrogen-bond donors (Lipinski definition) is 0. The van der Waals surface area contributed by atoms with Gasteiger partial charge in [0.05, 0.1) is 48.8 Å². The first-order valence-corrected chi connectivity index (χ1v) is 14.4. The van der Waals surface area contributed by atoms with Gasteiger partial charge in [-0.1, -0.05) is 59.9 Å². The van der Waals surface area contributed by atoms with E-state index in [1.807, 2.05) is 86.6 Å². The van der Waals surface area contributed by atoms with Gasteiger partial charge in [-0.3, -0.25) is 9.36 Å². The van der Waals surface area contributed by atoms with Crippen molar-refractivity contribution < 1.29 is 23.7 Å². The molecule has 0 radical (unpaired) electrons. The van der Waals surface area contributed by atoms with Crippen molar-refractivity contribution in [1.29, 1.82) is 0 Å². The molecular formula is C33H32N2O6S. The van der Waals surface area contributed by atoms with Crippen LogP contribution < -0.4 is 29.1 Å². The van der Waals surface area contributed by atoms with Gasteiger partial charge in [0.25, 0.3) is 5.56 Å². The molecule has 0 bridgehead atoms. The van der Waals surface area contributed by atoms with Crippen LogP contribution in [0.4, 0.5) is 0 Å². The highest BCUT2D eigenvalue weighted by atomic mass is 32.1. The third kappa shape index (κ3) is 5.73. The molecule has 0 amide bonds. The lowest BCUT2D eigenvalue weighted by molar-refractivity contribution is -0.138. The van der Waals surface area contributed by atoms with Crippen molar-refractivity contribution in [3.63, 3.8) is 0 Å². The number of esters is 1. The second kappa shape index (κ2) is 12.5. The molecule has 0 aliphatic carbocycles. The van der Waals surface area contributed by atoms with Crippen LogP contribution in [0.25, 0.3) is 11.8 Å². The van der Waals surface area contributed by atoms with Crippen LogP contribution in [0.15, 0.2) is 88.2 Å². The number of methoxy groups -OCH3 is 2. The number of rotatable bonds is 9. The van der Waals surface area contributed by atoms with Crippen molar-refractivity contribution in [2.24, 2.45) is 4.99 Å². The summed E-state index contributed by atoms with van der Waals surface area (Å²) in [6, 6.07) is 21.6. The van der Waals surface area contributed by atoms with Crippen molar-refractivity contribution in [3.05, 3.63) is 115 Å². The number of carbonyl (C=O) groups excluding carboxylic acids is 1. The molecular weight excluding hydrogens is 552 g/mol. The molecule has 0 unspecified atom stereocenters. The van der Waals surface area contributed by atoms with E-state index >= 15 is 0 Å². The van der Waals surface area contributed by atoms with E-state index in [-0.39, 0.29) is 18.3 Å². The Bertz CT molecular complexity index is 1800. The second-order valence-corrected chi connectivity index (χ2v) is 10.8. The van der Waals surface area contributed by atoms with Gasteiger partial charge in [-0.15, -0.1) is 0 Å². The fourth-order valence-electron chi connectivity index (χ4n) is 4.82. The number of nitrogens with zero attached hydrogens (tertiary/aromatic N) is 2. The third-order valence-electron chi connectivity index (χ3n) is 6.65. The fourth-order valence-corrected chi connectivity index (χ4v) is 5.82. The van der Waals surface area contributed by atoms with E-state index in [2.05, 4.69) is 0 Å². The normalized spacial score (nSPS) is 14.8. The van der Waals surface area contributed by atoms with E-state index in [1.165, 1.54) is 11.3 Å². The molecule has 4 aromatic rings. The van der Waals surface area contributed by atoms with Gasteiger partial charge in [0.2, 0.25) is 0 Å². The van der Waals surface area contributed by atoms with Crippen LogP contribution in [-0.2, 0) is 9.53 Å². The van der Waals surface area contributed by atoms with Gasteiger partial charge >= 0.3 is 5.97 Å². The van der Waals surface area contributed by atoms with Gasteiger partial charge in [-0.05, 0) is 62.2 Å². The highest BCUT2D eigenvalue weighted by Crippen LogP contribution is 2.36. The van der Waals surface area contributed by atoms with E-state index in [4.69, 9.17) is 23.9 Å². The molecule has 42 heavy (non-hydrogen) atoms. The Morgan fingerprint density at radius 1 is 1.00 bits per heavy atom. The van der Waals surface area contributed by atoms with Crippen LogP contribution in [0.3, 0.4) is 0 Å². The number of carbonyl (C=O) groups is 1. The predicted molar refractivity (Wildman–Crippen MR) is 163 cm³/mol. The standard InChI is InChI=1S/C33H32N2O6S/c1-6-40-32(37)28-29(22-10-8-7-9-11-22)34-33-35(30(28)23-13-15-24(38-4)16-14-23)31(36)27(42-33)19-21-12-17-25(41-20(2)3)26(18-21)39-5/h7-20,30H,6H2,1-5H3/b27-19-/t30-/m1/s1. The molecule has 9 heteroatoms. The Hall–Kier alpha value is -4.63. The second-order valence-electron chi connectivity index (χ2n) is 9.78. The molecule has 216 valence electrons. The largest absolute Gasteiger partial charge is 0.497 e. The number of hydrogen-bond acceptors (Lipinski definition) is 8. The Balaban J connectivity index is 1.75. The quantitative estimate of drug-likeness (QED) is 0.264. The third-order valence-corrected chi connectivity index (χ3v) is 7.64. The number of thiazole rings is 1. The molecule has 3 aromatic carbocycles. The smallest absolute Gasteiger partial charge is 0.338 e. The Morgan fingerprint density at radius 2 is 1.74 bits per heavy atom. The topological polar surface area (TPSA) is 88.4 Å². The minimum absolute atomic E-state index is 0.0150. The lowest BCUT2D eigenvalue weighted by Gasteiger charge is -2.26. The zero-order valence-corrected chi connectivity index (χ0v) is 24.9. The van der Waals surface area contributed by atoms with Gasteiger partial charge in [0.1, 0.15) is 5.75 Å². The maximum atomic E-state index is 14.1. The van der Waals surface area contributed by atoms with E-state index in [0.717, 1.165) is 16.7 Å². The summed E-state index contributed by atoms with van der Waals surface area (Å²) in [5, 5.41) is 0. The summed E-state index contributed by atoms with van der Waals surface area (Å²) in [6.45, 7) is 5.83. The zero-order valence-electron chi connectivity index (χ0n) is 24.1. The Kier molecular flexibility index (Phi) is 8.59. The van der Waals surface area contributed by atoms with Crippen molar-refractivity contribution in [3.8, 4) is 17.2 Å². The highest BCUT2D eigenvalue weighted by Gasteiger charge is 2.35. The molecule has 0 saturated heterocycles. The highest BCUT2D eigenvalue weighted by molar-refractivity contribution is 7.07. The summed E-state index contributed by atoms with van der Waals surface area (Å²) < 4.78 is 24.3. The first-order valence-electron chi connectivity index (χ1n) is 13.6. The molecule has 2 heterocycles. The summed E-state index contributed by atoms with van der Waals surface area (Å²) in [5.41, 5.74) is 2.74. The minimum Gasteiger partial charge on any atom is -0.497 e. The van der Waals surface area contributed by atoms with Crippen LogP contribution in [0, 0.1) is 0 Å². The van der Waals surface area contributed by atoms with E-state index in [0.29, 0.717) is 37.9 Å². The SMILES string of the molecule is CCOC(=O)C1=C(c2ccccc2)N=c2s/c(=C\c3ccc(OC(C)C)c(OC)c3)c(=O)n2[C@@H]1c1ccc(OC)cc1. The van der Waals surface area contributed by atoms with Crippen molar-refractivity contribution >= 4 is 29.1 Å². The van der Waals surface area contributed by atoms with E-state index in [1.54, 1.807) is 31.8 Å². The van der Waals surface area contributed by atoms with Crippen LogP contribution in [0.2, 0.25) is 0 Å². The predicted octanol–water partition coefficient (Wildman–Crippen LogP) is 4.74. The van der Waals surface area contributed by atoms with E-state index < -0.39 is 12.0 Å². The summed E-state index contributed by atoms with van der Waals surface area (Å²) in [7, 11) is 3.17. The number of benzene rings is 3. The Morgan fingerprint density at radius 3 is 2.38 bits per heavy atom. The summed E-state index contributed by atoms with van der Waals surface area (Å²) in [5.74, 6) is 1.32. The van der Waals surface area contributed by atoms with Crippen LogP contribution >= 0.6 is 11.3 Å². The van der Waals surface area contributed by atoms with Gasteiger partial charge in [-0.2, -0.15) is 0 Å². The Labute approximate surface area is 247 Å². The first kappa shape index (κ1) is 28.9. The average molecular weight is 585 g/mol. The van der Waals surface area contributed by atoms with Gasteiger partial charge in [0.15, 0.2) is 16.3 Å². The van der Waals surface area contributed by atoms with Gasteiger partial charge < -0.3 is 18.9 Å². The van der Waals surface area contributed by atoms with E-state index in [9.17, 15) is 9.59 Å². The molecule has 5 rings (SSSR count). The fraction of sp³-hybridized carbons (Fsp3) is 0.242. The van der Waals surface area contributed by atoms with Gasteiger partial charge in [-0.25, -0.2) is 9.79 Å². The summed E-state index contributed by atoms with van der Waals surface area (Å²) in [4.78, 5) is 33.0. The minimum atomic E-state index is -0.764. The maximum absolute atomic E-state index is 14.1. The maximum Gasteiger partial charge on any atom is 0.338 e. The monoisotopic (exact) mass is 584 g/mol. The lowest BCUT2D eigenvalue weighted by Crippen LogP contribution is -2.40. The molecule has 1 aromatic heterocycles. The number of aromatic nitrogens is 1. The van der Waals surface area contributed by atoms with Crippen LogP contribution in [0.1, 0.15) is 43.5 Å². The summed E-state index contributed by atoms with van der Waals surface area (Å²) in [6.07, 6.45) is 1.78. The zero-order chi connectivity index (χ0) is 29.8. The van der Waals surface area contributed by atoms with Crippen LogP contribution in [0.5, 0.6) is 17.2 Å². The first-order chi connectivity index (χ1) is 20.3. The molecule has 8 nitrogen and oxygen atoms in total. The molecule has 0 saturated carbocycles. The van der Waals surface area contributed by atoms with Crippen LogP contribution in [-0.4, -0.2) is 37.5 Å².